The molecule has 1 atom stereocenters. The Labute approximate surface area is 103 Å². The topological polar surface area (TPSA) is 20.3 Å². The minimum atomic E-state index is -0.164. The van der Waals surface area contributed by atoms with E-state index in [1.165, 1.54) is 11.1 Å². The van der Waals surface area contributed by atoms with Gasteiger partial charge in [-0.1, -0.05) is 38.1 Å². The van der Waals surface area contributed by atoms with E-state index in [1.807, 2.05) is 0 Å². The molecule has 90 valence electrons. The maximum Gasteiger partial charge on any atom is 0.141 e. The third-order valence-corrected chi connectivity index (χ3v) is 4.26. The first kappa shape index (κ1) is 11.0. The number of hydrogen-bond acceptors (Lipinski definition) is 2. The second-order valence-corrected chi connectivity index (χ2v) is 5.95. The number of carbonyl (C=O) groups is 1. The van der Waals surface area contributed by atoms with Crippen molar-refractivity contribution in [2.45, 2.75) is 32.7 Å². The summed E-state index contributed by atoms with van der Waals surface area (Å²) in [7, 11) is 0. The van der Waals surface area contributed by atoms with Crippen LogP contribution in [0.4, 0.5) is 0 Å². The maximum atomic E-state index is 12.2. The van der Waals surface area contributed by atoms with Crippen LogP contribution in [-0.4, -0.2) is 23.8 Å². The number of ketones is 1. The lowest BCUT2D eigenvalue weighted by molar-refractivity contribution is -0.134. The van der Waals surface area contributed by atoms with Crippen LogP contribution in [0.1, 0.15) is 37.4 Å². The third kappa shape index (κ3) is 1.71. The predicted octanol–water partition coefficient (Wildman–Crippen LogP) is 2.58. The molecule has 3 rings (SSSR count). The predicted molar refractivity (Wildman–Crippen MR) is 67.9 cm³/mol. The molecule has 0 amide bonds. The molecule has 0 aliphatic carbocycles. The second kappa shape index (κ2) is 3.67. The molecule has 2 aliphatic rings. The quantitative estimate of drug-likeness (QED) is 0.681. The van der Waals surface area contributed by atoms with Crippen LogP contribution in [-0.2, 0) is 11.2 Å². The van der Waals surface area contributed by atoms with Gasteiger partial charge < -0.3 is 0 Å². The Kier molecular flexibility index (Phi) is 2.37. The summed E-state index contributed by atoms with van der Waals surface area (Å²) in [5, 5.41) is 0. The summed E-state index contributed by atoms with van der Waals surface area (Å²) in [4.78, 5) is 14.6. The number of Topliss-reactive ketones (excluding diaryl/α,β-unsaturated/α-hetero) is 1. The van der Waals surface area contributed by atoms with Crippen LogP contribution in [0.2, 0.25) is 0 Å². The fourth-order valence-electron chi connectivity index (χ4n) is 3.18. The lowest BCUT2D eigenvalue weighted by Gasteiger charge is -2.45. The van der Waals surface area contributed by atoms with E-state index < -0.39 is 0 Å². The van der Waals surface area contributed by atoms with E-state index >= 15 is 0 Å². The number of nitrogens with zero attached hydrogens (tertiary/aromatic N) is 1. The number of rotatable bonds is 0. The summed E-state index contributed by atoms with van der Waals surface area (Å²) < 4.78 is 0. The molecule has 2 nitrogen and oxygen atoms in total. The van der Waals surface area contributed by atoms with E-state index in [4.69, 9.17) is 0 Å². The van der Waals surface area contributed by atoms with E-state index in [9.17, 15) is 4.79 Å². The van der Waals surface area contributed by atoms with E-state index in [1.54, 1.807) is 0 Å². The van der Waals surface area contributed by atoms with Crippen molar-refractivity contribution in [2.75, 3.05) is 13.1 Å². The zero-order valence-corrected chi connectivity index (χ0v) is 10.6. The highest BCUT2D eigenvalue weighted by Crippen LogP contribution is 2.40. The van der Waals surface area contributed by atoms with Gasteiger partial charge in [-0.3, -0.25) is 9.69 Å². The van der Waals surface area contributed by atoms with Crippen LogP contribution in [0.15, 0.2) is 24.3 Å². The fourth-order valence-corrected chi connectivity index (χ4v) is 3.18. The normalized spacial score (nSPS) is 27.4. The van der Waals surface area contributed by atoms with Gasteiger partial charge in [0.25, 0.3) is 0 Å². The lowest BCUT2D eigenvalue weighted by Crippen LogP contribution is -2.50. The van der Waals surface area contributed by atoms with Crippen molar-refractivity contribution < 1.29 is 4.79 Å². The summed E-state index contributed by atoms with van der Waals surface area (Å²) in [6.07, 6.45) is 1.81. The summed E-state index contributed by atoms with van der Waals surface area (Å²) in [6.45, 7) is 6.15. The molecule has 2 heterocycles. The van der Waals surface area contributed by atoms with Gasteiger partial charge in [-0.05, 0) is 17.5 Å². The largest absolute Gasteiger partial charge is 0.299 e. The molecule has 1 fully saturated rings. The van der Waals surface area contributed by atoms with Crippen molar-refractivity contribution in [2.24, 2.45) is 5.41 Å². The average Bonchev–Trinajstić information content (AvgIpc) is 2.30. The number of piperidine rings is 1. The molecule has 1 saturated heterocycles. The van der Waals surface area contributed by atoms with E-state index in [2.05, 4.69) is 43.0 Å². The average molecular weight is 229 g/mol. The molecule has 0 N–H and O–H groups in total. The highest BCUT2D eigenvalue weighted by Gasteiger charge is 2.41. The monoisotopic (exact) mass is 229 g/mol. The molecule has 0 bridgehead atoms. The van der Waals surface area contributed by atoms with Crippen LogP contribution >= 0.6 is 0 Å². The molecule has 2 heteroatoms. The molecular weight excluding hydrogens is 210 g/mol. The van der Waals surface area contributed by atoms with Crippen LogP contribution in [0.3, 0.4) is 0 Å². The number of hydrogen-bond donors (Lipinski definition) is 0. The minimum absolute atomic E-state index is 0.164. The molecule has 0 radical (unpaired) electrons. The molecule has 2 aliphatic heterocycles. The number of carbonyl (C=O) groups excluding carboxylic acids is 1. The Balaban J connectivity index is 1.97. The van der Waals surface area contributed by atoms with Crippen LogP contribution < -0.4 is 0 Å². The highest BCUT2D eigenvalue weighted by atomic mass is 16.1. The Morgan fingerprint density at radius 2 is 2.06 bits per heavy atom. The van der Waals surface area contributed by atoms with Gasteiger partial charge in [-0.2, -0.15) is 0 Å². The van der Waals surface area contributed by atoms with Crippen molar-refractivity contribution in [1.82, 2.24) is 4.90 Å². The zero-order valence-electron chi connectivity index (χ0n) is 10.6. The van der Waals surface area contributed by atoms with E-state index in [0.29, 0.717) is 18.2 Å². The van der Waals surface area contributed by atoms with Crippen molar-refractivity contribution >= 4 is 5.78 Å². The van der Waals surface area contributed by atoms with Gasteiger partial charge in [-0.15, -0.1) is 0 Å². The van der Waals surface area contributed by atoms with Crippen LogP contribution in [0.25, 0.3) is 0 Å². The summed E-state index contributed by atoms with van der Waals surface area (Å²) in [5.74, 6) is 0.412. The Bertz CT molecular complexity index is 464. The first-order chi connectivity index (χ1) is 8.08. The SMILES string of the molecule is CC1(C)CN2CCc3ccccc3C2CC1=O. The van der Waals surface area contributed by atoms with Gasteiger partial charge in [0.15, 0.2) is 0 Å². The molecule has 17 heavy (non-hydrogen) atoms. The molecule has 1 aromatic rings. The van der Waals surface area contributed by atoms with Gasteiger partial charge in [0, 0.05) is 31.0 Å². The molecule has 1 aromatic carbocycles. The molecular formula is C15H19NO. The fraction of sp³-hybridized carbons (Fsp3) is 0.533. The summed E-state index contributed by atoms with van der Waals surface area (Å²) >= 11 is 0. The summed E-state index contributed by atoms with van der Waals surface area (Å²) in [6, 6.07) is 8.92. The first-order valence-electron chi connectivity index (χ1n) is 6.43. The van der Waals surface area contributed by atoms with E-state index in [0.717, 1.165) is 19.5 Å². The van der Waals surface area contributed by atoms with Gasteiger partial charge >= 0.3 is 0 Å². The second-order valence-electron chi connectivity index (χ2n) is 5.95. The van der Waals surface area contributed by atoms with Crippen molar-refractivity contribution in [3.63, 3.8) is 0 Å². The van der Waals surface area contributed by atoms with Crippen LogP contribution in [0.5, 0.6) is 0 Å². The first-order valence-corrected chi connectivity index (χ1v) is 6.43. The van der Waals surface area contributed by atoms with Gasteiger partial charge in [0.2, 0.25) is 0 Å². The van der Waals surface area contributed by atoms with Gasteiger partial charge in [-0.25, -0.2) is 0 Å². The van der Waals surface area contributed by atoms with E-state index in [-0.39, 0.29) is 5.41 Å². The molecule has 0 saturated carbocycles. The summed E-state index contributed by atoms with van der Waals surface area (Å²) in [5.41, 5.74) is 2.65. The maximum absolute atomic E-state index is 12.2. The van der Waals surface area contributed by atoms with Crippen molar-refractivity contribution in [1.29, 1.82) is 0 Å². The van der Waals surface area contributed by atoms with Crippen molar-refractivity contribution in [3.8, 4) is 0 Å². The minimum Gasteiger partial charge on any atom is -0.299 e. The number of benzene rings is 1. The standard InChI is InChI=1S/C15H19NO/c1-15(2)10-16-8-7-11-5-3-4-6-12(11)13(16)9-14(15)17/h3-6,13H,7-10H2,1-2H3. The molecule has 1 unspecified atom stereocenters. The number of fused-ring (bicyclic) bond motifs is 3. The molecule has 0 aromatic heterocycles. The Morgan fingerprint density at radius 3 is 2.88 bits per heavy atom. The zero-order chi connectivity index (χ0) is 12.0. The van der Waals surface area contributed by atoms with Crippen molar-refractivity contribution in [3.05, 3.63) is 35.4 Å². The van der Waals surface area contributed by atoms with Crippen LogP contribution in [0, 0.1) is 5.41 Å². The Hall–Kier alpha value is -1.15. The van der Waals surface area contributed by atoms with Gasteiger partial charge in [0.1, 0.15) is 5.78 Å². The Morgan fingerprint density at radius 1 is 1.29 bits per heavy atom. The molecule has 0 spiro atoms. The van der Waals surface area contributed by atoms with Gasteiger partial charge in [0.05, 0.1) is 0 Å². The lowest BCUT2D eigenvalue weighted by atomic mass is 9.76. The highest BCUT2D eigenvalue weighted by molar-refractivity contribution is 5.86. The third-order valence-electron chi connectivity index (χ3n) is 4.26. The smallest absolute Gasteiger partial charge is 0.141 e.